The normalized spacial score (nSPS) is 11.7. The molecule has 0 aliphatic heterocycles. The van der Waals surface area contributed by atoms with Gasteiger partial charge in [-0.3, -0.25) is 4.57 Å². The highest BCUT2D eigenvalue weighted by Crippen LogP contribution is 2.36. The number of aromatic nitrogens is 3. The van der Waals surface area contributed by atoms with Crippen LogP contribution in [0.15, 0.2) is 77.3 Å². The number of thioether (sulfide) groups is 1. The second-order valence-electron chi connectivity index (χ2n) is 5.90. The lowest BCUT2D eigenvalue weighted by Crippen LogP contribution is -2.08. The van der Waals surface area contributed by atoms with Gasteiger partial charge < -0.3 is 0 Å². The van der Waals surface area contributed by atoms with Crippen LogP contribution in [-0.2, 0) is 11.9 Å². The second kappa shape index (κ2) is 7.81. The standard InChI is InChI=1S/C20H14F3N3S2/c21-20(22,23)16-10-5-4-7-14(16)13-28-19-25-24-18(17-11-6-12-27-17)26(19)15-8-2-1-3-9-15/h1-12H,13H2. The van der Waals surface area contributed by atoms with Gasteiger partial charge in [-0.1, -0.05) is 54.2 Å². The molecule has 4 rings (SSSR count). The third kappa shape index (κ3) is 3.83. The average Bonchev–Trinajstić information content (AvgIpc) is 3.36. The Kier molecular flexibility index (Phi) is 5.23. The van der Waals surface area contributed by atoms with Crippen molar-refractivity contribution in [3.63, 3.8) is 0 Å². The minimum absolute atomic E-state index is 0.144. The molecular formula is C20H14F3N3S2. The Morgan fingerprint density at radius 3 is 2.36 bits per heavy atom. The summed E-state index contributed by atoms with van der Waals surface area (Å²) >= 11 is 2.77. The summed E-state index contributed by atoms with van der Waals surface area (Å²) in [6.07, 6.45) is -4.38. The van der Waals surface area contributed by atoms with E-state index in [0.717, 1.165) is 16.6 Å². The van der Waals surface area contributed by atoms with Crippen molar-refractivity contribution >= 4 is 23.1 Å². The average molecular weight is 417 g/mol. The largest absolute Gasteiger partial charge is 0.416 e. The number of hydrogen-bond acceptors (Lipinski definition) is 4. The van der Waals surface area contributed by atoms with E-state index in [-0.39, 0.29) is 11.3 Å². The number of thiophene rings is 1. The molecule has 0 spiro atoms. The zero-order valence-electron chi connectivity index (χ0n) is 14.4. The van der Waals surface area contributed by atoms with Gasteiger partial charge in [-0.25, -0.2) is 0 Å². The summed E-state index contributed by atoms with van der Waals surface area (Å²) in [5.41, 5.74) is 0.467. The van der Waals surface area contributed by atoms with Gasteiger partial charge in [0.2, 0.25) is 0 Å². The fourth-order valence-corrected chi connectivity index (χ4v) is 4.46. The lowest BCUT2D eigenvalue weighted by Gasteiger charge is -2.13. The van der Waals surface area contributed by atoms with Crippen LogP contribution in [-0.4, -0.2) is 14.8 Å². The van der Waals surface area contributed by atoms with Crippen molar-refractivity contribution in [2.24, 2.45) is 0 Å². The summed E-state index contributed by atoms with van der Waals surface area (Å²) in [7, 11) is 0. The Labute approximate surface area is 167 Å². The topological polar surface area (TPSA) is 30.7 Å². The molecule has 2 heterocycles. The van der Waals surface area contributed by atoms with Crippen LogP contribution in [0.4, 0.5) is 13.2 Å². The van der Waals surface area contributed by atoms with Gasteiger partial charge in [-0.2, -0.15) is 13.2 Å². The molecule has 4 aromatic rings. The van der Waals surface area contributed by atoms with Gasteiger partial charge in [-0.05, 0) is 35.2 Å². The first-order valence-corrected chi connectivity index (χ1v) is 10.2. The number of benzene rings is 2. The summed E-state index contributed by atoms with van der Waals surface area (Å²) in [6.45, 7) is 0. The number of nitrogens with zero attached hydrogens (tertiary/aromatic N) is 3. The molecule has 3 nitrogen and oxygen atoms in total. The number of halogens is 3. The van der Waals surface area contributed by atoms with Crippen LogP contribution in [0.1, 0.15) is 11.1 Å². The van der Waals surface area contributed by atoms with E-state index in [1.807, 2.05) is 52.4 Å². The van der Waals surface area contributed by atoms with E-state index in [2.05, 4.69) is 10.2 Å². The van der Waals surface area contributed by atoms with Crippen LogP contribution >= 0.6 is 23.1 Å². The van der Waals surface area contributed by atoms with Crippen molar-refractivity contribution in [1.29, 1.82) is 0 Å². The van der Waals surface area contributed by atoms with Gasteiger partial charge in [-0.15, -0.1) is 21.5 Å². The quantitative estimate of drug-likeness (QED) is 0.357. The lowest BCUT2D eigenvalue weighted by molar-refractivity contribution is -0.138. The van der Waals surface area contributed by atoms with Crippen LogP contribution in [0, 0.1) is 0 Å². The monoisotopic (exact) mass is 417 g/mol. The number of para-hydroxylation sites is 1. The molecular weight excluding hydrogens is 403 g/mol. The van der Waals surface area contributed by atoms with E-state index in [4.69, 9.17) is 0 Å². The maximum absolute atomic E-state index is 13.3. The fraction of sp³-hybridized carbons (Fsp3) is 0.100. The molecule has 142 valence electrons. The molecule has 0 saturated heterocycles. The molecule has 0 aliphatic carbocycles. The first-order valence-electron chi connectivity index (χ1n) is 8.36. The van der Waals surface area contributed by atoms with Crippen molar-refractivity contribution < 1.29 is 13.2 Å². The first kappa shape index (κ1) is 18.8. The van der Waals surface area contributed by atoms with Gasteiger partial charge >= 0.3 is 6.18 Å². The van der Waals surface area contributed by atoms with Crippen LogP contribution in [0.2, 0.25) is 0 Å². The highest BCUT2D eigenvalue weighted by Gasteiger charge is 2.33. The Morgan fingerprint density at radius 1 is 0.893 bits per heavy atom. The van der Waals surface area contributed by atoms with Crippen LogP contribution in [0.25, 0.3) is 16.4 Å². The zero-order valence-corrected chi connectivity index (χ0v) is 16.1. The van der Waals surface area contributed by atoms with Gasteiger partial charge in [0, 0.05) is 11.4 Å². The van der Waals surface area contributed by atoms with Crippen molar-refractivity contribution in [2.45, 2.75) is 17.1 Å². The van der Waals surface area contributed by atoms with Crippen molar-refractivity contribution in [3.05, 3.63) is 83.2 Å². The maximum atomic E-state index is 13.3. The Morgan fingerprint density at radius 2 is 1.64 bits per heavy atom. The van der Waals surface area contributed by atoms with Crippen molar-refractivity contribution in [1.82, 2.24) is 14.8 Å². The predicted molar refractivity (Wildman–Crippen MR) is 106 cm³/mol. The molecule has 0 fully saturated rings. The van der Waals surface area contributed by atoms with E-state index < -0.39 is 11.7 Å². The highest BCUT2D eigenvalue weighted by atomic mass is 32.2. The van der Waals surface area contributed by atoms with E-state index in [1.165, 1.54) is 35.2 Å². The summed E-state index contributed by atoms with van der Waals surface area (Å²) in [6, 6.07) is 19.1. The predicted octanol–water partition coefficient (Wildman–Crippen LogP) is 6.31. The second-order valence-corrected chi connectivity index (χ2v) is 7.79. The number of rotatable bonds is 5. The Balaban J connectivity index is 1.70. The molecule has 2 aromatic carbocycles. The van der Waals surface area contributed by atoms with Gasteiger partial charge in [0.1, 0.15) is 0 Å². The molecule has 0 amide bonds. The van der Waals surface area contributed by atoms with Crippen LogP contribution in [0.3, 0.4) is 0 Å². The third-order valence-electron chi connectivity index (χ3n) is 4.07. The summed E-state index contributed by atoms with van der Waals surface area (Å²) in [4.78, 5) is 0.943. The lowest BCUT2D eigenvalue weighted by atomic mass is 10.1. The van der Waals surface area contributed by atoms with E-state index in [9.17, 15) is 13.2 Å². The SMILES string of the molecule is FC(F)(F)c1ccccc1CSc1nnc(-c2cccs2)n1-c1ccccc1. The molecule has 8 heteroatoms. The molecule has 28 heavy (non-hydrogen) atoms. The minimum Gasteiger partial charge on any atom is -0.269 e. The molecule has 0 N–H and O–H groups in total. The van der Waals surface area contributed by atoms with E-state index in [0.29, 0.717) is 11.0 Å². The first-order chi connectivity index (χ1) is 13.5. The maximum Gasteiger partial charge on any atom is 0.416 e. The fourth-order valence-electron chi connectivity index (χ4n) is 2.80. The van der Waals surface area contributed by atoms with Crippen molar-refractivity contribution in [3.8, 4) is 16.4 Å². The van der Waals surface area contributed by atoms with Crippen LogP contribution < -0.4 is 0 Å². The highest BCUT2D eigenvalue weighted by molar-refractivity contribution is 7.98. The number of alkyl halides is 3. The smallest absolute Gasteiger partial charge is 0.269 e. The van der Waals surface area contributed by atoms with E-state index >= 15 is 0 Å². The summed E-state index contributed by atoms with van der Waals surface area (Å²) in [5, 5.41) is 11.1. The molecule has 0 unspecified atom stereocenters. The van der Waals surface area contributed by atoms with Crippen LogP contribution in [0.5, 0.6) is 0 Å². The van der Waals surface area contributed by atoms with Gasteiger partial charge in [0.25, 0.3) is 0 Å². The summed E-state index contributed by atoms with van der Waals surface area (Å²) < 4.78 is 41.7. The Hall–Kier alpha value is -2.58. The molecule has 0 atom stereocenters. The molecule has 0 saturated carbocycles. The number of hydrogen-bond donors (Lipinski definition) is 0. The summed E-state index contributed by atoms with van der Waals surface area (Å²) in [5.74, 6) is 0.818. The molecule has 2 aromatic heterocycles. The molecule has 0 aliphatic rings. The molecule has 0 bridgehead atoms. The zero-order chi connectivity index (χ0) is 19.6. The Bertz CT molecular complexity index is 1060. The van der Waals surface area contributed by atoms with Crippen molar-refractivity contribution in [2.75, 3.05) is 0 Å². The third-order valence-corrected chi connectivity index (χ3v) is 5.91. The minimum atomic E-state index is -4.38. The van der Waals surface area contributed by atoms with E-state index in [1.54, 1.807) is 6.07 Å². The van der Waals surface area contributed by atoms with Gasteiger partial charge in [0.15, 0.2) is 11.0 Å². The molecule has 0 radical (unpaired) electrons. The van der Waals surface area contributed by atoms with Gasteiger partial charge in [0.05, 0.1) is 10.4 Å².